The first-order valence-electron chi connectivity index (χ1n) is 4.82. The second-order valence-electron chi connectivity index (χ2n) is 4.04. The quantitative estimate of drug-likeness (QED) is 0.460. The lowest BCUT2D eigenvalue weighted by molar-refractivity contribution is -0.145. The van der Waals surface area contributed by atoms with Crippen LogP contribution < -0.4 is 0 Å². The van der Waals surface area contributed by atoms with Crippen molar-refractivity contribution in [1.29, 1.82) is 0 Å². The van der Waals surface area contributed by atoms with E-state index >= 15 is 0 Å². The predicted molar refractivity (Wildman–Crippen MR) is 52.3 cm³/mol. The van der Waals surface area contributed by atoms with Crippen LogP contribution in [0.15, 0.2) is 11.1 Å². The predicted octanol–water partition coefficient (Wildman–Crippen LogP) is 2.54. The van der Waals surface area contributed by atoms with Crippen molar-refractivity contribution in [2.75, 3.05) is 7.11 Å². The third-order valence-corrected chi connectivity index (χ3v) is 2.91. The van der Waals surface area contributed by atoms with Crippen molar-refractivity contribution in [2.24, 2.45) is 11.8 Å². The van der Waals surface area contributed by atoms with Gasteiger partial charge in [-0.25, -0.2) is 0 Å². The maximum atomic E-state index is 11.5. The molecule has 1 rings (SSSR count). The molecule has 0 radical (unpaired) electrons. The number of hydrogen-bond acceptors (Lipinski definition) is 2. The number of ether oxygens (including phenoxy) is 1. The van der Waals surface area contributed by atoms with E-state index in [-0.39, 0.29) is 11.9 Å². The lowest BCUT2D eigenvalue weighted by Gasteiger charge is -2.15. The highest BCUT2D eigenvalue weighted by Crippen LogP contribution is 2.38. The van der Waals surface area contributed by atoms with Crippen LogP contribution in [0.2, 0.25) is 0 Å². The third kappa shape index (κ3) is 1.93. The summed E-state index contributed by atoms with van der Waals surface area (Å²) in [5.41, 5.74) is 2.57. The standard InChI is InChI=1S/C11H18O2/c1-7(2)9-6-5-8(3)10(9)11(12)13-4/h8,10H,5-6H2,1-4H3/t8-,10-/m0/s1. The van der Waals surface area contributed by atoms with E-state index in [1.165, 1.54) is 18.3 Å². The number of rotatable bonds is 1. The van der Waals surface area contributed by atoms with E-state index in [9.17, 15) is 4.79 Å². The molecule has 2 nitrogen and oxygen atoms in total. The molecule has 13 heavy (non-hydrogen) atoms. The summed E-state index contributed by atoms with van der Waals surface area (Å²) in [6.07, 6.45) is 2.17. The Bertz CT molecular complexity index is 236. The van der Waals surface area contributed by atoms with Gasteiger partial charge in [0.25, 0.3) is 0 Å². The van der Waals surface area contributed by atoms with E-state index in [0.29, 0.717) is 5.92 Å². The monoisotopic (exact) mass is 182 g/mol. The minimum atomic E-state index is -0.0683. The van der Waals surface area contributed by atoms with E-state index in [2.05, 4.69) is 20.8 Å². The van der Waals surface area contributed by atoms with Gasteiger partial charge in [-0.3, -0.25) is 4.79 Å². The summed E-state index contributed by atoms with van der Waals surface area (Å²) in [5, 5.41) is 0. The maximum absolute atomic E-state index is 11.5. The van der Waals surface area contributed by atoms with Crippen molar-refractivity contribution in [3.8, 4) is 0 Å². The molecule has 0 amide bonds. The number of esters is 1. The highest BCUT2D eigenvalue weighted by Gasteiger charge is 2.35. The van der Waals surface area contributed by atoms with Crippen LogP contribution in [0.3, 0.4) is 0 Å². The molecule has 0 aromatic rings. The van der Waals surface area contributed by atoms with E-state index in [1.807, 2.05) is 0 Å². The molecule has 0 aromatic heterocycles. The van der Waals surface area contributed by atoms with Crippen LogP contribution in [0.4, 0.5) is 0 Å². The summed E-state index contributed by atoms with van der Waals surface area (Å²) < 4.78 is 4.81. The molecule has 74 valence electrons. The molecule has 2 heteroatoms. The van der Waals surface area contributed by atoms with Gasteiger partial charge in [0.15, 0.2) is 0 Å². The molecule has 0 heterocycles. The molecular weight excluding hydrogens is 164 g/mol. The number of carbonyl (C=O) groups excluding carboxylic acids is 1. The Labute approximate surface area is 80.0 Å². The summed E-state index contributed by atoms with van der Waals surface area (Å²) in [5.74, 6) is 0.397. The molecule has 0 saturated heterocycles. The zero-order valence-corrected chi connectivity index (χ0v) is 8.89. The van der Waals surface area contributed by atoms with Crippen molar-refractivity contribution in [3.05, 3.63) is 11.1 Å². The number of carbonyl (C=O) groups is 1. The van der Waals surface area contributed by atoms with Crippen molar-refractivity contribution in [3.63, 3.8) is 0 Å². The van der Waals surface area contributed by atoms with Gasteiger partial charge >= 0.3 is 5.97 Å². The van der Waals surface area contributed by atoms with Crippen LogP contribution >= 0.6 is 0 Å². The molecular formula is C11H18O2. The smallest absolute Gasteiger partial charge is 0.313 e. The Morgan fingerprint density at radius 2 is 2.08 bits per heavy atom. The van der Waals surface area contributed by atoms with Crippen LogP contribution in [0.25, 0.3) is 0 Å². The minimum Gasteiger partial charge on any atom is -0.469 e. The molecule has 0 unspecified atom stereocenters. The highest BCUT2D eigenvalue weighted by atomic mass is 16.5. The van der Waals surface area contributed by atoms with Gasteiger partial charge in [-0.1, -0.05) is 18.1 Å². The number of hydrogen-bond donors (Lipinski definition) is 0. The lowest BCUT2D eigenvalue weighted by atomic mass is 9.93. The lowest BCUT2D eigenvalue weighted by Crippen LogP contribution is -2.20. The van der Waals surface area contributed by atoms with Gasteiger partial charge in [-0.2, -0.15) is 0 Å². The Morgan fingerprint density at radius 3 is 2.54 bits per heavy atom. The molecule has 1 aliphatic rings. The second-order valence-corrected chi connectivity index (χ2v) is 4.04. The first-order valence-corrected chi connectivity index (χ1v) is 4.82. The van der Waals surface area contributed by atoms with Gasteiger partial charge in [-0.15, -0.1) is 0 Å². The molecule has 0 bridgehead atoms. The van der Waals surface area contributed by atoms with Crippen LogP contribution in [0, 0.1) is 11.8 Å². The van der Waals surface area contributed by atoms with Crippen molar-refractivity contribution in [1.82, 2.24) is 0 Å². The van der Waals surface area contributed by atoms with Gasteiger partial charge in [0, 0.05) is 0 Å². The summed E-state index contributed by atoms with van der Waals surface area (Å²) in [6, 6.07) is 0. The van der Waals surface area contributed by atoms with E-state index < -0.39 is 0 Å². The molecule has 0 spiro atoms. The summed E-state index contributed by atoms with van der Waals surface area (Å²) >= 11 is 0. The average molecular weight is 182 g/mol. The van der Waals surface area contributed by atoms with Gasteiger partial charge in [0.05, 0.1) is 13.0 Å². The van der Waals surface area contributed by atoms with Crippen LogP contribution in [0.5, 0.6) is 0 Å². The molecule has 1 aliphatic carbocycles. The molecule has 0 aromatic carbocycles. The van der Waals surface area contributed by atoms with Crippen molar-refractivity contribution >= 4 is 5.97 Å². The Morgan fingerprint density at radius 1 is 1.46 bits per heavy atom. The van der Waals surface area contributed by atoms with E-state index in [1.54, 1.807) is 0 Å². The topological polar surface area (TPSA) is 26.3 Å². The maximum Gasteiger partial charge on any atom is 0.313 e. The van der Waals surface area contributed by atoms with Crippen LogP contribution in [-0.4, -0.2) is 13.1 Å². The highest BCUT2D eigenvalue weighted by molar-refractivity contribution is 5.76. The molecule has 1 saturated carbocycles. The van der Waals surface area contributed by atoms with Crippen molar-refractivity contribution in [2.45, 2.75) is 33.6 Å². The summed E-state index contributed by atoms with van der Waals surface area (Å²) in [6.45, 7) is 6.27. The van der Waals surface area contributed by atoms with Crippen LogP contribution in [0.1, 0.15) is 33.6 Å². The first-order chi connectivity index (χ1) is 6.07. The van der Waals surface area contributed by atoms with Crippen LogP contribution in [-0.2, 0) is 9.53 Å². The first kappa shape index (κ1) is 10.3. The summed E-state index contributed by atoms with van der Waals surface area (Å²) in [7, 11) is 1.47. The normalized spacial score (nSPS) is 27.5. The fraction of sp³-hybridized carbons (Fsp3) is 0.727. The summed E-state index contributed by atoms with van der Waals surface area (Å²) in [4.78, 5) is 11.5. The Kier molecular flexibility index (Phi) is 3.12. The zero-order valence-electron chi connectivity index (χ0n) is 8.89. The Hall–Kier alpha value is -0.790. The second kappa shape index (κ2) is 3.95. The average Bonchev–Trinajstić information content (AvgIpc) is 2.46. The van der Waals surface area contributed by atoms with Gasteiger partial charge < -0.3 is 4.74 Å². The molecule has 1 fully saturated rings. The third-order valence-electron chi connectivity index (χ3n) is 2.91. The largest absolute Gasteiger partial charge is 0.469 e. The van der Waals surface area contributed by atoms with Gasteiger partial charge in [0.2, 0.25) is 0 Å². The molecule has 0 aliphatic heterocycles. The Balaban J connectivity index is 2.90. The SMILES string of the molecule is COC(=O)[C@@H]1C(=C(C)C)CC[C@@H]1C. The van der Waals surface area contributed by atoms with E-state index in [0.717, 1.165) is 12.8 Å². The fourth-order valence-electron chi connectivity index (χ4n) is 2.11. The molecule has 2 atom stereocenters. The number of allylic oxidation sites excluding steroid dienone is 1. The number of methoxy groups -OCH3 is 1. The fourth-order valence-corrected chi connectivity index (χ4v) is 2.11. The van der Waals surface area contributed by atoms with E-state index in [4.69, 9.17) is 4.74 Å². The molecule has 0 N–H and O–H groups in total. The zero-order chi connectivity index (χ0) is 10.0. The van der Waals surface area contributed by atoms with Gasteiger partial charge in [-0.05, 0) is 32.6 Å². The van der Waals surface area contributed by atoms with Crippen molar-refractivity contribution < 1.29 is 9.53 Å². The minimum absolute atomic E-state index is 0.0231. The van der Waals surface area contributed by atoms with Gasteiger partial charge in [0.1, 0.15) is 0 Å².